The number of aldehydes is 1. The van der Waals surface area contributed by atoms with Gasteiger partial charge in [-0.15, -0.1) is 0 Å². The Kier molecular flexibility index (Phi) is 5.44. The van der Waals surface area contributed by atoms with Crippen molar-refractivity contribution in [2.75, 3.05) is 11.4 Å². The summed E-state index contributed by atoms with van der Waals surface area (Å²) in [5.41, 5.74) is 3.47. The first kappa shape index (κ1) is 16.1. The minimum absolute atomic E-state index is 0.475. The molecule has 0 spiro atoms. The molecule has 1 aliphatic heterocycles. The summed E-state index contributed by atoms with van der Waals surface area (Å²) in [4.78, 5) is 13.6. The fraction of sp³-hybridized carbons (Fsp3) is 0.632. The minimum atomic E-state index is 0.475. The van der Waals surface area contributed by atoms with Crippen LogP contribution >= 0.6 is 0 Å². The van der Waals surface area contributed by atoms with Crippen molar-refractivity contribution in [2.45, 2.75) is 59.4 Å². The molecular weight excluding hydrogens is 258 g/mol. The van der Waals surface area contributed by atoms with Crippen LogP contribution in [0.15, 0.2) is 18.2 Å². The molecule has 1 heterocycles. The fourth-order valence-electron chi connectivity index (χ4n) is 3.52. The molecule has 0 bridgehead atoms. The van der Waals surface area contributed by atoms with E-state index in [4.69, 9.17) is 0 Å². The molecule has 0 fully saturated rings. The number of benzene rings is 1. The van der Waals surface area contributed by atoms with Gasteiger partial charge in [0.15, 0.2) is 0 Å². The maximum Gasteiger partial charge on any atom is 0.150 e. The van der Waals surface area contributed by atoms with Gasteiger partial charge in [0.2, 0.25) is 0 Å². The van der Waals surface area contributed by atoms with E-state index >= 15 is 0 Å². The van der Waals surface area contributed by atoms with Gasteiger partial charge < -0.3 is 4.90 Å². The van der Waals surface area contributed by atoms with E-state index in [1.165, 1.54) is 30.5 Å². The molecule has 0 saturated heterocycles. The quantitative estimate of drug-likeness (QED) is 0.747. The van der Waals surface area contributed by atoms with Crippen LogP contribution in [0.2, 0.25) is 0 Å². The van der Waals surface area contributed by atoms with Crippen LogP contribution < -0.4 is 4.90 Å². The summed E-state index contributed by atoms with van der Waals surface area (Å²) in [6, 6.07) is 6.67. The maximum atomic E-state index is 11.1. The SMILES string of the molecule is CC(C)CC1CCc2ccc(C=O)cc2N(C(C)C)CC1. The van der Waals surface area contributed by atoms with E-state index in [1.54, 1.807) is 0 Å². The van der Waals surface area contributed by atoms with Gasteiger partial charge in [-0.2, -0.15) is 0 Å². The first-order valence-electron chi connectivity index (χ1n) is 8.36. The van der Waals surface area contributed by atoms with Crippen LogP contribution in [0.1, 0.15) is 62.9 Å². The van der Waals surface area contributed by atoms with Gasteiger partial charge in [0.25, 0.3) is 0 Å². The Morgan fingerprint density at radius 3 is 2.62 bits per heavy atom. The topological polar surface area (TPSA) is 20.3 Å². The lowest BCUT2D eigenvalue weighted by Crippen LogP contribution is -2.35. The molecule has 1 unspecified atom stereocenters. The van der Waals surface area contributed by atoms with Crippen molar-refractivity contribution in [3.63, 3.8) is 0 Å². The number of nitrogens with zero attached hydrogens (tertiary/aromatic N) is 1. The van der Waals surface area contributed by atoms with Crippen LogP contribution in [0, 0.1) is 11.8 Å². The van der Waals surface area contributed by atoms with Crippen molar-refractivity contribution in [1.29, 1.82) is 0 Å². The molecule has 1 aliphatic rings. The van der Waals surface area contributed by atoms with Crippen molar-refractivity contribution >= 4 is 12.0 Å². The zero-order chi connectivity index (χ0) is 15.4. The van der Waals surface area contributed by atoms with Gasteiger partial charge in [-0.05, 0) is 63.0 Å². The molecule has 0 saturated carbocycles. The maximum absolute atomic E-state index is 11.1. The van der Waals surface area contributed by atoms with E-state index in [1.807, 2.05) is 6.07 Å². The van der Waals surface area contributed by atoms with Crippen molar-refractivity contribution in [3.8, 4) is 0 Å². The van der Waals surface area contributed by atoms with Gasteiger partial charge in [0.1, 0.15) is 6.29 Å². The van der Waals surface area contributed by atoms with Crippen molar-refractivity contribution in [2.24, 2.45) is 11.8 Å². The van der Waals surface area contributed by atoms with E-state index in [2.05, 4.69) is 44.7 Å². The van der Waals surface area contributed by atoms with E-state index in [0.29, 0.717) is 6.04 Å². The van der Waals surface area contributed by atoms with Crippen LogP contribution in [-0.4, -0.2) is 18.9 Å². The Labute approximate surface area is 129 Å². The molecule has 2 rings (SSSR count). The Morgan fingerprint density at radius 1 is 1.24 bits per heavy atom. The average Bonchev–Trinajstić information content (AvgIpc) is 2.42. The van der Waals surface area contributed by atoms with Crippen LogP contribution in [0.5, 0.6) is 0 Å². The Bertz CT molecular complexity index is 478. The summed E-state index contributed by atoms with van der Waals surface area (Å²) in [7, 11) is 0. The minimum Gasteiger partial charge on any atom is -0.369 e. The predicted octanol–water partition coefficient (Wildman–Crippen LogP) is 4.71. The van der Waals surface area contributed by atoms with E-state index in [-0.39, 0.29) is 0 Å². The van der Waals surface area contributed by atoms with E-state index < -0.39 is 0 Å². The van der Waals surface area contributed by atoms with Crippen molar-refractivity contribution in [3.05, 3.63) is 29.3 Å². The average molecular weight is 287 g/mol. The highest BCUT2D eigenvalue weighted by Gasteiger charge is 2.21. The lowest BCUT2D eigenvalue weighted by Gasteiger charge is -2.35. The van der Waals surface area contributed by atoms with Gasteiger partial charge in [0.05, 0.1) is 0 Å². The molecule has 0 N–H and O–H groups in total. The van der Waals surface area contributed by atoms with Crippen LogP contribution in [-0.2, 0) is 6.42 Å². The number of hydrogen-bond acceptors (Lipinski definition) is 2. The molecule has 0 radical (unpaired) electrons. The fourth-order valence-corrected chi connectivity index (χ4v) is 3.52. The highest BCUT2D eigenvalue weighted by molar-refractivity contribution is 5.78. The summed E-state index contributed by atoms with van der Waals surface area (Å²) >= 11 is 0. The second kappa shape index (κ2) is 7.11. The smallest absolute Gasteiger partial charge is 0.150 e. The van der Waals surface area contributed by atoms with Crippen LogP contribution in [0.4, 0.5) is 5.69 Å². The number of rotatable bonds is 4. The third kappa shape index (κ3) is 4.09. The van der Waals surface area contributed by atoms with E-state index in [0.717, 1.165) is 36.7 Å². The largest absolute Gasteiger partial charge is 0.369 e. The summed E-state index contributed by atoms with van der Waals surface area (Å²) in [5, 5.41) is 0. The number of carbonyl (C=O) groups excluding carboxylic acids is 1. The third-order valence-electron chi connectivity index (χ3n) is 4.58. The number of carbonyl (C=O) groups is 1. The number of fused-ring (bicyclic) bond motifs is 1. The molecule has 2 heteroatoms. The lowest BCUT2D eigenvalue weighted by atomic mass is 9.86. The molecule has 0 amide bonds. The summed E-state index contributed by atoms with van der Waals surface area (Å²) in [6.07, 6.45) is 5.96. The summed E-state index contributed by atoms with van der Waals surface area (Å²) in [5.74, 6) is 1.60. The predicted molar refractivity (Wildman–Crippen MR) is 90.2 cm³/mol. The zero-order valence-corrected chi connectivity index (χ0v) is 13.9. The monoisotopic (exact) mass is 287 g/mol. The Hall–Kier alpha value is -1.31. The number of anilines is 1. The molecule has 1 atom stereocenters. The highest BCUT2D eigenvalue weighted by atomic mass is 16.1. The number of hydrogen-bond donors (Lipinski definition) is 0. The van der Waals surface area contributed by atoms with Crippen molar-refractivity contribution in [1.82, 2.24) is 0 Å². The molecule has 1 aromatic rings. The van der Waals surface area contributed by atoms with Crippen LogP contribution in [0.25, 0.3) is 0 Å². The zero-order valence-electron chi connectivity index (χ0n) is 13.9. The van der Waals surface area contributed by atoms with Gasteiger partial charge in [-0.1, -0.05) is 26.0 Å². The summed E-state index contributed by atoms with van der Waals surface area (Å²) in [6.45, 7) is 10.2. The molecule has 2 nitrogen and oxygen atoms in total. The first-order valence-corrected chi connectivity index (χ1v) is 8.36. The molecule has 0 aromatic heterocycles. The lowest BCUT2D eigenvalue weighted by molar-refractivity contribution is 0.112. The molecule has 21 heavy (non-hydrogen) atoms. The van der Waals surface area contributed by atoms with Gasteiger partial charge >= 0.3 is 0 Å². The van der Waals surface area contributed by atoms with Crippen molar-refractivity contribution < 1.29 is 4.79 Å². The van der Waals surface area contributed by atoms with E-state index in [9.17, 15) is 4.79 Å². The Morgan fingerprint density at radius 2 is 2.00 bits per heavy atom. The molecule has 0 aliphatic carbocycles. The van der Waals surface area contributed by atoms with Gasteiger partial charge in [-0.3, -0.25) is 4.79 Å². The van der Waals surface area contributed by atoms with Crippen LogP contribution in [0.3, 0.4) is 0 Å². The second-order valence-corrected chi connectivity index (χ2v) is 7.12. The van der Waals surface area contributed by atoms with Gasteiger partial charge in [0, 0.05) is 23.8 Å². The van der Waals surface area contributed by atoms with Gasteiger partial charge in [-0.25, -0.2) is 0 Å². The highest BCUT2D eigenvalue weighted by Crippen LogP contribution is 2.32. The second-order valence-electron chi connectivity index (χ2n) is 7.12. The Balaban J connectivity index is 2.28. The molecular formula is C19H29NO. The summed E-state index contributed by atoms with van der Waals surface area (Å²) < 4.78 is 0. The molecule has 1 aromatic carbocycles. The first-order chi connectivity index (χ1) is 10.0. The third-order valence-corrected chi connectivity index (χ3v) is 4.58. The molecule has 116 valence electrons. The standard InChI is InChI=1S/C19H29NO/c1-14(2)11-16-5-7-18-8-6-17(13-21)12-19(18)20(10-9-16)15(3)4/h6,8,12-16H,5,7,9-11H2,1-4H3. The normalized spacial score (nSPS) is 19.3. The number of aryl methyl sites for hydroxylation is 1.